The van der Waals surface area contributed by atoms with Crippen LogP contribution in [0.15, 0.2) is 36.4 Å². The van der Waals surface area contributed by atoms with Gasteiger partial charge in [0.2, 0.25) is 0 Å². The van der Waals surface area contributed by atoms with Crippen LogP contribution in [0.3, 0.4) is 0 Å². The van der Waals surface area contributed by atoms with Crippen molar-refractivity contribution in [1.82, 2.24) is 0 Å². The largest absolute Gasteiger partial charge is 0.503 e. The van der Waals surface area contributed by atoms with Gasteiger partial charge in [0.1, 0.15) is 0 Å². The van der Waals surface area contributed by atoms with Gasteiger partial charge in [-0.25, -0.2) is 4.79 Å². The van der Waals surface area contributed by atoms with Gasteiger partial charge in [0.15, 0.2) is 0 Å². The second-order valence-electron chi connectivity index (χ2n) is 1.44. The van der Waals surface area contributed by atoms with Crippen molar-refractivity contribution in [1.29, 1.82) is 0 Å². The molecule has 3 nitrogen and oxygen atoms in total. The van der Waals surface area contributed by atoms with Gasteiger partial charge in [-0.2, -0.15) is 13.5 Å². The Hall–Kier alpha value is -1.16. The molecule has 1 aromatic carbocycles. The van der Waals surface area contributed by atoms with E-state index in [1.54, 1.807) is 0 Å². The lowest BCUT2D eigenvalue weighted by Gasteiger charge is -1.69. The Morgan fingerprint density at radius 3 is 1.00 bits per heavy atom. The Bertz CT molecular complexity index is 146. The summed E-state index contributed by atoms with van der Waals surface area (Å²) in [5.41, 5.74) is 0. The monoisotopic (exact) mass is 174 g/mol. The molecule has 1 rings (SSSR count). The standard InChI is InChI=1S/C6H6.CH2O3.H2S/c1-2-4-6-5-3-1;2-1(3)4;/h1-6H;(H2,2,3,4);1H2. The highest BCUT2D eigenvalue weighted by Gasteiger charge is 1.70. The molecule has 11 heavy (non-hydrogen) atoms. The third-order valence-electron chi connectivity index (χ3n) is 0.667. The van der Waals surface area contributed by atoms with E-state index in [1.807, 2.05) is 36.4 Å². The molecule has 2 N–H and O–H groups in total. The molecule has 0 aliphatic heterocycles. The molecule has 4 heteroatoms. The van der Waals surface area contributed by atoms with Crippen molar-refractivity contribution >= 4 is 19.7 Å². The highest BCUT2D eigenvalue weighted by Crippen LogP contribution is 1.79. The van der Waals surface area contributed by atoms with Gasteiger partial charge < -0.3 is 10.2 Å². The number of rotatable bonds is 0. The fraction of sp³-hybridized carbons (Fsp3) is 0. The van der Waals surface area contributed by atoms with Crippen LogP contribution in [0.2, 0.25) is 0 Å². The molecular formula is C7H10O3S. The van der Waals surface area contributed by atoms with Gasteiger partial charge in [0.05, 0.1) is 0 Å². The molecule has 0 amide bonds. The predicted octanol–water partition coefficient (Wildman–Crippen LogP) is 2.02. The highest BCUT2D eigenvalue weighted by molar-refractivity contribution is 7.59. The molecule has 0 saturated heterocycles. The Morgan fingerprint density at radius 1 is 0.818 bits per heavy atom. The van der Waals surface area contributed by atoms with Crippen LogP contribution in [0.4, 0.5) is 4.79 Å². The second-order valence-corrected chi connectivity index (χ2v) is 1.44. The van der Waals surface area contributed by atoms with Gasteiger partial charge in [-0.3, -0.25) is 0 Å². The molecule has 0 aliphatic carbocycles. The molecule has 62 valence electrons. The number of hydrogen-bond acceptors (Lipinski definition) is 1. The minimum atomic E-state index is -1.83. The average Bonchev–Trinajstić information content (AvgIpc) is 1.90. The maximum Gasteiger partial charge on any atom is 0.503 e. The van der Waals surface area contributed by atoms with Crippen molar-refractivity contribution in [3.8, 4) is 0 Å². The predicted molar refractivity (Wildman–Crippen MR) is 47.5 cm³/mol. The molecule has 0 atom stereocenters. The maximum absolute atomic E-state index is 8.56. The van der Waals surface area contributed by atoms with E-state index in [-0.39, 0.29) is 13.5 Å². The average molecular weight is 174 g/mol. The van der Waals surface area contributed by atoms with E-state index in [4.69, 9.17) is 15.0 Å². The normalized spacial score (nSPS) is 6.55. The Balaban J connectivity index is 0. The SMILES string of the molecule is O=C(O)O.S.c1ccccc1. The summed E-state index contributed by atoms with van der Waals surface area (Å²) in [6.45, 7) is 0. The van der Waals surface area contributed by atoms with Crippen LogP contribution in [-0.2, 0) is 0 Å². The fourth-order valence-corrected chi connectivity index (χ4v) is 0.385. The van der Waals surface area contributed by atoms with Crippen LogP contribution < -0.4 is 0 Å². The van der Waals surface area contributed by atoms with Crippen molar-refractivity contribution in [3.05, 3.63) is 36.4 Å². The Kier molecular flexibility index (Phi) is 10.1. The number of carbonyl (C=O) groups is 1. The zero-order valence-electron chi connectivity index (χ0n) is 5.77. The van der Waals surface area contributed by atoms with Gasteiger partial charge in [-0.15, -0.1) is 0 Å². The first-order valence-electron chi connectivity index (χ1n) is 2.65. The lowest BCUT2D eigenvalue weighted by molar-refractivity contribution is 0.137. The van der Waals surface area contributed by atoms with Crippen LogP contribution in [0.25, 0.3) is 0 Å². The van der Waals surface area contributed by atoms with Crippen LogP contribution in [-0.4, -0.2) is 16.4 Å². The summed E-state index contributed by atoms with van der Waals surface area (Å²) in [7, 11) is 0. The molecule has 0 heterocycles. The van der Waals surface area contributed by atoms with Crippen LogP contribution in [0.5, 0.6) is 0 Å². The summed E-state index contributed by atoms with van der Waals surface area (Å²) in [5, 5.41) is 13.9. The van der Waals surface area contributed by atoms with Crippen molar-refractivity contribution in [2.75, 3.05) is 0 Å². The van der Waals surface area contributed by atoms with Gasteiger partial charge >= 0.3 is 6.16 Å². The lowest BCUT2D eigenvalue weighted by atomic mass is 10.4. The third kappa shape index (κ3) is 17.7. The number of hydrogen-bond donors (Lipinski definition) is 2. The van der Waals surface area contributed by atoms with E-state index in [0.717, 1.165) is 0 Å². The van der Waals surface area contributed by atoms with Crippen molar-refractivity contribution in [2.45, 2.75) is 0 Å². The molecule has 0 saturated carbocycles. The molecule has 1 aromatic rings. The summed E-state index contributed by atoms with van der Waals surface area (Å²) in [6.07, 6.45) is -1.83. The molecule has 0 spiro atoms. The number of benzene rings is 1. The quantitative estimate of drug-likeness (QED) is 0.632. The Morgan fingerprint density at radius 2 is 0.909 bits per heavy atom. The zero-order chi connectivity index (χ0) is 7.82. The number of carboxylic acid groups (broad SMARTS) is 2. The minimum Gasteiger partial charge on any atom is -0.450 e. The molecule has 0 unspecified atom stereocenters. The van der Waals surface area contributed by atoms with Gasteiger partial charge in [-0.05, 0) is 0 Å². The fourth-order valence-electron chi connectivity index (χ4n) is 0.385. The van der Waals surface area contributed by atoms with Crippen molar-refractivity contribution in [3.63, 3.8) is 0 Å². The first-order valence-corrected chi connectivity index (χ1v) is 2.65. The first-order chi connectivity index (χ1) is 4.73. The third-order valence-corrected chi connectivity index (χ3v) is 0.667. The van der Waals surface area contributed by atoms with Crippen LogP contribution in [0, 0.1) is 0 Å². The molecule has 0 radical (unpaired) electrons. The minimum absolute atomic E-state index is 0. The van der Waals surface area contributed by atoms with Gasteiger partial charge in [0, 0.05) is 0 Å². The summed E-state index contributed by atoms with van der Waals surface area (Å²) >= 11 is 0. The Labute approximate surface area is 71.7 Å². The molecule has 0 aromatic heterocycles. The lowest BCUT2D eigenvalue weighted by Crippen LogP contribution is -1.81. The van der Waals surface area contributed by atoms with E-state index in [1.165, 1.54) is 0 Å². The van der Waals surface area contributed by atoms with Crippen LogP contribution in [0.1, 0.15) is 0 Å². The molecule has 0 bridgehead atoms. The molecule has 0 fully saturated rings. The maximum atomic E-state index is 8.56. The highest BCUT2D eigenvalue weighted by atomic mass is 32.1. The summed E-state index contributed by atoms with van der Waals surface area (Å²) < 4.78 is 0. The van der Waals surface area contributed by atoms with Crippen LogP contribution >= 0.6 is 13.5 Å². The van der Waals surface area contributed by atoms with E-state index in [2.05, 4.69) is 0 Å². The van der Waals surface area contributed by atoms with E-state index >= 15 is 0 Å². The van der Waals surface area contributed by atoms with E-state index < -0.39 is 6.16 Å². The molecule has 0 aliphatic rings. The van der Waals surface area contributed by atoms with E-state index in [0.29, 0.717) is 0 Å². The van der Waals surface area contributed by atoms with Gasteiger partial charge in [-0.1, -0.05) is 36.4 Å². The summed E-state index contributed by atoms with van der Waals surface area (Å²) in [5.74, 6) is 0. The second kappa shape index (κ2) is 8.84. The topological polar surface area (TPSA) is 57.5 Å². The summed E-state index contributed by atoms with van der Waals surface area (Å²) in [6, 6.07) is 12.0. The van der Waals surface area contributed by atoms with Crippen molar-refractivity contribution < 1.29 is 15.0 Å². The smallest absolute Gasteiger partial charge is 0.450 e. The zero-order valence-corrected chi connectivity index (χ0v) is 6.77. The summed E-state index contributed by atoms with van der Waals surface area (Å²) in [4.78, 5) is 8.56. The van der Waals surface area contributed by atoms with E-state index in [9.17, 15) is 0 Å². The van der Waals surface area contributed by atoms with Gasteiger partial charge in [0.25, 0.3) is 0 Å². The molecular weight excluding hydrogens is 164 g/mol. The van der Waals surface area contributed by atoms with Crippen molar-refractivity contribution in [2.24, 2.45) is 0 Å². The first kappa shape index (κ1) is 12.5.